The molecule has 0 aliphatic heterocycles. The van der Waals surface area contributed by atoms with Gasteiger partial charge in [0.15, 0.2) is 0 Å². The van der Waals surface area contributed by atoms with Gasteiger partial charge in [0.05, 0.1) is 4.92 Å². The van der Waals surface area contributed by atoms with Crippen LogP contribution in [0.4, 0.5) is 11.5 Å². The highest BCUT2D eigenvalue weighted by molar-refractivity contribution is 5.47. The largest absolute Gasteiger partial charge is 0.373 e. The highest BCUT2D eigenvalue weighted by atomic mass is 16.6. The lowest BCUT2D eigenvalue weighted by Gasteiger charge is -2.03. The molecule has 0 radical (unpaired) electrons. The summed E-state index contributed by atoms with van der Waals surface area (Å²) in [5.41, 5.74) is 0.772. The first-order valence-electron chi connectivity index (χ1n) is 4.55. The van der Waals surface area contributed by atoms with Gasteiger partial charge in [-0.2, -0.15) is 0 Å². The Kier molecular flexibility index (Phi) is 2.07. The van der Waals surface area contributed by atoms with Crippen LogP contribution in [0.1, 0.15) is 24.5 Å². The summed E-state index contributed by atoms with van der Waals surface area (Å²) >= 11 is 0. The van der Waals surface area contributed by atoms with Gasteiger partial charge in [0.2, 0.25) is 0 Å². The maximum absolute atomic E-state index is 10.7. The quantitative estimate of drug-likeness (QED) is 0.588. The topological polar surface area (TPSA) is 68.1 Å². The van der Waals surface area contributed by atoms with Gasteiger partial charge in [-0.05, 0) is 18.9 Å². The van der Waals surface area contributed by atoms with Crippen LogP contribution in [0.2, 0.25) is 0 Å². The van der Waals surface area contributed by atoms with E-state index in [9.17, 15) is 10.1 Å². The van der Waals surface area contributed by atoms with Gasteiger partial charge in [0, 0.05) is 19.0 Å². The van der Waals surface area contributed by atoms with Crippen LogP contribution in [0, 0.1) is 10.1 Å². The second-order valence-corrected chi connectivity index (χ2v) is 3.38. The molecule has 1 aliphatic rings. The van der Waals surface area contributed by atoms with E-state index in [1.807, 2.05) is 0 Å². The average Bonchev–Trinajstić information content (AvgIpc) is 3.00. The number of nitro groups is 1. The molecule has 1 aliphatic carbocycles. The number of rotatable bonds is 3. The van der Waals surface area contributed by atoms with Crippen molar-refractivity contribution in [1.82, 2.24) is 4.98 Å². The molecule has 0 amide bonds. The lowest BCUT2D eigenvalue weighted by atomic mass is 10.2. The SMILES string of the molecule is CNc1ccc([N+](=O)[O-])c(C2CC2)n1. The second-order valence-electron chi connectivity index (χ2n) is 3.38. The maximum Gasteiger partial charge on any atom is 0.291 e. The molecule has 0 unspecified atom stereocenters. The highest BCUT2D eigenvalue weighted by Crippen LogP contribution is 2.43. The summed E-state index contributed by atoms with van der Waals surface area (Å²) in [4.78, 5) is 14.6. The van der Waals surface area contributed by atoms with Crippen molar-refractivity contribution in [3.8, 4) is 0 Å². The van der Waals surface area contributed by atoms with Crippen molar-refractivity contribution >= 4 is 11.5 Å². The van der Waals surface area contributed by atoms with Crippen molar-refractivity contribution in [2.24, 2.45) is 0 Å². The van der Waals surface area contributed by atoms with E-state index in [2.05, 4.69) is 10.3 Å². The van der Waals surface area contributed by atoms with Gasteiger partial charge in [-0.25, -0.2) is 4.98 Å². The molecule has 0 saturated heterocycles. The van der Waals surface area contributed by atoms with Crippen LogP contribution in [0.3, 0.4) is 0 Å². The van der Waals surface area contributed by atoms with Gasteiger partial charge in [-0.3, -0.25) is 10.1 Å². The Morgan fingerprint density at radius 1 is 1.57 bits per heavy atom. The minimum absolute atomic E-state index is 0.145. The number of hydrogen-bond acceptors (Lipinski definition) is 4. The molecule has 0 spiro atoms. The molecule has 14 heavy (non-hydrogen) atoms. The van der Waals surface area contributed by atoms with E-state index in [1.54, 1.807) is 13.1 Å². The highest BCUT2D eigenvalue weighted by Gasteiger charge is 2.32. The van der Waals surface area contributed by atoms with Crippen LogP contribution in [0.25, 0.3) is 0 Å². The van der Waals surface area contributed by atoms with E-state index < -0.39 is 0 Å². The zero-order valence-corrected chi connectivity index (χ0v) is 7.86. The van der Waals surface area contributed by atoms with Gasteiger partial charge < -0.3 is 5.32 Å². The van der Waals surface area contributed by atoms with Gasteiger partial charge in [0.25, 0.3) is 5.69 Å². The summed E-state index contributed by atoms with van der Waals surface area (Å²) in [6.45, 7) is 0. The number of aromatic nitrogens is 1. The number of pyridine rings is 1. The van der Waals surface area contributed by atoms with Crippen molar-refractivity contribution in [3.63, 3.8) is 0 Å². The van der Waals surface area contributed by atoms with Crippen molar-refractivity contribution in [2.75, 3.05) is 12.4 Å². The van der Waals surface area contributed by atoms with Gasteiger partial charge in [-0.15, -0.1) is 0 Å². The summed E-state index contributed by atoms with van der Waals surface area (Å²) in [5.74, 6) is 0.987. The van der Waals surface area contributed by atoms with Crippen LogP contribution in [0.15, 0.2) is 12.1 Å². The zero-order chi connectivity index (χ0) is 10.1. The Morgan fingerprint density at radius 3 is 2.79 bits per heavy atom. The number of anilines is 1. The molecule has 0 aromatic carbocycles. The summed E-state index contributed by atoms with van der Waals surface area (Å²) < 4.78 is 0. The van der Waals surface area contributed by atoms with Crippen molar-refractivity contribution in [1.29, 1.82) is 0 Å². The lowest BCUT2D eigenvalue weighted by Crippen LogP contribution is -2.00. The van der Waals surface area contributed by atoms with E-state index in [0.29, 0.717) is 17.4 Å². The van der Waals surface area contributed by atoms with Crippen molar-refractivity contribution in [3.05, 3.63) is 27.9 Å². The molecule has 0 bridgehead atoms. The monoisotopic (exact) mass is 193 g/mol. The molecular formula is C9H11N3O2. The average molecular weight is 193 g/mol. The van der Waals surface area contributed by atoms with Crippen LogP contribution in [-0.2, 0) is 0 Å². The Bertz CT molecular complexity index is 374. The Morgan fingerprint density at radius 2 is 2.29 bits per heavy atom. The van der Waals surface area contributed by atoms with E-state index >= 15 is 0 Å². The van der Waals surface area contributed by atoms with Crippen LogP contribution in [-0.4, -0.2) is 17.0 Å². The van der Waals surface area contributed by atoms with Crippen molar-refractivity contribution in [2.45, 2.75) is 18.8 Å². The third kappa shape index (κ3) is 1.53. The van der Waals surface area contributed by atoms with Crippen LogP contribution < -0.4 is 5.32 Å². The number of nitrogens with one attached hydrogen (secondary N) is 1. The fraction of sp³-hybridized carbons (Fsp3) is 0.444. The summed E-state index contributed by atoms with van der Waals surface area (Å²) in [6.07, 6.45) is 2.03. The third-order valence-corrected chi connectivity index (χ3v) is 2.32. The molecule has 5 nitrogen and oxygen atoms in total. The standard InChI is InChI=1S/C9H11N3O2/c1-10-8-5-4-7(12(13)14)9(11-8)6-2-3-6/h4-6H,2-3H2,1H3,(H,10,11). The van der Waals surface area contributed by atoms with E-state index in [0.717, 1.165) is 12.8 Å². The minimum Gasteiger partial charge on any atom is -0.373 e. The molecule has 1 heterocycles. The summed E-state index contributed by atoms with van der Waals surface area (Å²) in [5, 5.41) is 13.6. The molecule has 1 aromatic heterocycles. The molecule has 0 atom stereocenters. The van der Waals surface area contributed by atoms with Crippen LogP contribution >= 0.6 is 0 Å². The molecule has 1 fully saturated rings. The molecule has 1 aromatic rings. The van der Waals surface area contributed by atoms with E-state index in [-0.39, 0.29) is 10.6 Å². The predicted octanol–water partition coefficient (Wildman–Crippen LogP) is 1.91. The molecule has 1 N–H and O–H groups in total. The molecule has 74 valence electrons. The zero-order valence-electron chi connectivity index (χ0n) is 7.86. The first-order chi connectivity index (χ1) is 6.72. The van der Waals surface area contributed by atoms with E-state index in [4.69, 9.17) is 0 Å². The Hall–Kier alpha value is -1.65. The first-order valence-corrected chi connectivity index (χ1v) is 4.55. The minimum atomic E-state index is -0.361. The second kappa shape index (κ2) is 3.25. The van der Waals surface area contributed by atoms with Gasteiger partial charge >= 0.3 is 0 Å². The third-order valence-electron chi connectivity index (χ3n) is 2.32. The number of hydrogen-bond donors (Lipinski definition) is 1. The van der Waals surface area contributed by atoms with E-state index in [1.165, 1.54) is 6.07 Å². The normalized spacial score (nSPS) is 15.2. The Balaban J connectivity index is 2.43. The lowest BCUT2D eigenvalue weighted by molar-refractivity contribution is -0.385. The summed E-state index contributed by atoms with van der Waals surface area (Å²) in [7, 11) is 1.75. The Labute approximate surface area is 81.3 Å². The smallest absolute Gasteiger partial charge is 0.291 e. The van der Waals surface area contributed by atoms with Gasteiger partial charge in [-0.1, -0.05) is 0 Å². The maximum atomic E-state index is 10.7. The summed E-state index contributed by atoms with van der Waals surface area (Å²) in [6, 6.07) is 3.15. The fourth-order valence-electron chi connectivity index (χ4n) is 1.42. The first kappa shape index (κ1) is 8.93. The number of nitrogens with zero attached hydrogens (tertiary/aromatic N) is 2. The molecular weight excluding hydrogens is 182 g/mol. The predicted molar refractivity (Wildman–Crippen MR) is 52.4 cm³/mol. The fourth-order valence-corrected chi connectivity index (χ4v) is 1.42. The molecule has 2 rings (SSSR count). The van der Waals surface area contributed by atoms with Crippen molar-refractivity contribution < 1.29 is 4.92 Å². The van der Waals surface area contributed by atoms with Gasteiger partial charge in [0.1, 0.15) is 11.5 Å². The molecule has 1 saturated carbocycles. The molecule has 5 heteroatoms. The van der Waals surface area contributed by atoms with Crippen LogP contribution in [0.5, 0.6) is 0 Å².